The van der Waals surface area contributed by atoms with E-state index in [1.165, 1.54) is 12.4 Å². The normalized spacial score (nSPS) is 17.9. The Labute approximate surface area is 278 Å². The van der Waals surface area contributed by atoms with Gasteiger partial charge in [0.25, 0.3) is 5.91 Å². The molecule has 4 heterocycles. The van der Waals surface area contributed by atoms with Gasteiger partial charge in [0.1, 0.15) is 46.8 Å². The van der Waals surface area contributed by atoms with Gasteiger partial charge >= 0.3 is 0 Å². The van der Waals surface area contributed by atoms with E-state index in [0.29, 0.717) is 61.6 Å². The van der Waals surface area contributed by atoms with Crippen molar-refractivity contribution in [3.63, 3.8) is 0 Å². The molecule has 0 aliphatic carbocycles. The highest BCUT2D eigenvalue weighted by atomic mass is 19.1. The number of carbonyl (C=O) groups is 2. The largest absolute Gasteiger partial charge is 0.457 e. The van der Waals surface area contributed by atoms with Crippen LogP contribution in [0.4, 0.5) is 10.2 Å². The van der Waals surface area contributed by atoms with Crippen LogP contribution in [0.5, 0.6) is 11.5 Å². The quantitative estimate of drug-likeness (QED) is 0.214. The number of likely N-dealkylation sites (tertiary alicyclic amines) is 1. The Bertz CT molecular complexity index is 1920. The molecule has 0 saturated carbocycles. The van der Waals surface area contributed by atoms with Crippen LogP contribution in [0.15, 0.2) is 66.5 Å². The first-order valence-corrected chi connectivity index (χ1v) is 16.1. The first-order chi connectivity index (χ1) is 23.1. The summed E-state index contributed by atoms with van der Waals surface area (Å²) in [5.74, 6) is 0.153. The average Bonchev–Trinajstić information content (AvgIpc) is 3.48. The zero-order valence-corrected chi connectivity index (χ0v) is 27.3. The maximum Gasteiger partial charge on any atom is 0.264 e. The second-order valence-corrected chi connectivity index (χ2v) is 12.6. The van der Waals surface area contributed by atoms with Gasteiger partial charge in [-0.1, -0.05) is 18.2 Å². The van der Waals surface area contributed by atoms with Crippen LogP contribution in [0.2, 0.25) is 0 Å². The third-order valence-corrected chi connectivity index (χ3v) is 9.09. The predicted octanol–water partition coefficient (Wildman–Crippen LogP) is 4.56. The smallest absolute Gasteiger partial charge is 0.264 e. The van der Waals surface area contributed by atoms with E-state index in [1.807, 2.05) is 43.9 Å². The second kappa shape index (κ2) is 13.4. The summed E-state index contributed by atoms with van der Waals surface area (Å²) in [4.78, 5) is 40.4. The van der Waals surface area contributed by atoms with Gasteiger partial charge in [-0.05, 0) is 64.0 Å². The molecule has 1 atom stereocenters. The zero-order chi connectivity index (χ0) is 34.0. The highest BCUT2D eigenvalue weighted by Gasteiger charge is 2.35. The summed E-state index contributed by atoms with van der Waals surface area (Å²) < 4.78 is 23.1. The van der Waals surface area contributed by atoms with Crippen LogP contribution < -0.4 is 10.5 Å². The molecule has 1 unspecified atom stereocenters. The standard InChI is InChI=1S/C35H38FN9O3/c1-4-42-15-16-44(21-29(42)46)35(2,3)18-23(19-37)34(47)43-14-8-9-24(20-43)45-33-30(32(38)39-22-40-33)31(41-45)27-13-12-26(17-28(27)36)48-25-10-6-5-7-11-25/h5-7,10-13,17-18,22,24H,4,8-9,14-16,20-21H2,1-3H3,(H2,38,39,40)/b23-18+. The van der Waals surface area contributed by atoms with Crippen LogP contribution in [0, 0.1) is 17.1 Å². The number of aromatic nitrogens is 4. The number of para-hydroxylation sites is 1. The molecule has 0 bridgehead atoms. The van der Waals surface area contributed by atoms with Gasteiger partial charge in [-0.15, -0.1) is 0 Å². The fourth-order valence-corrected chi connectivity index (χ4v) is 6.44. The third kappa shape index (κ3) is 6.44. The van der Waals surface area contributed by atoms with Crippen LogP contribution in [-0.4, -0.2) is 91.1 Å². The molecular formula is C35H38FN9O3. The number of carbonyl (C=O) groups excluding carboxylic acids is 2. The molecule has 0 radical (unpaired) electrons. The molecule has 48 heavy (non-hydrogen) atoms. The van der Waals surface area contributed by atoms with Crippen LogP contribution in [0.25, 0.3) is 22.3 Å². The minimum absolute atomic E-state index is 0.0171. The Morgan fingerprint density at radius 2 is 1.94 bits per heavy atom. The van der Waals surface area contributed by atoms with Crippen LogP contribution in [0.3, 0.4) is 0 Å². The first-order valence-electron chi connectivity index (χ1n) is 16.1. The summed E-state index contributed by atoms with van der Waals surface area (Å²) in [5, 5.41) is 15.3. The highest BCUT2D eigenvalue weighted by Crippen LogP contribution is 2.36. The van der Waals surface area contributed by atoms with Gasteiger partial charge < -0.3 is 20.3 Å². The molecule has 2 aliphatic rings. The Morgan fingerprint density at radius 1 is 1.15 bits per heavy atom. The molecule has 0 spiro atoms. The Morgan fingerprint density at radius 3 is 2.65 bits per heavy atom. The monoisotopic (exact) mass is 651 g/mol. The second-order valence-electron chi connectivity index (χ2n) is 12.6. The van der Waals surface area contributed by atoms with Gasteiger partial charge in [0.2, 0.25) is 5.91 Å². The van der Waals surface area contributed by atoms with E-state index in [-0.39, 0.29) is 53.6 Å². The SMILES string of the molecule is CCN1CCN(C(C)(C)/C=C(\C#N)C(=O)N2CCCC(n3nc(-c4ccc(Oc5ccccc5)cc4F)c4c(N)ncnc43)C2)CC1=O. The lowest BCUT2D eigenvalue weighted by molar-refractivity contribution is -0.137. The number of likely N-dealkylation sites (N-methyl/N-ethyl adjacent to an activating group) is 1. The van der Waals surface area contributed by atoms with Crippen molar-refractivity contribution in [2.24, 2.45) is 0 Å². The Hall–Kier alpha value is -5.35. The molecule has 2 fully saturated rings. The lowest BCUT2D eigenvalue weighted by atomic mass is 9.96. The van der Waals surface area contributed by atoms with E-state index in [9.17, 15) is 14.9 Å². The molecule has 2 aromatic carbocycles. The molecule has 12 nitrogen and oxygen atoms in total. The average molecular weight is 652 g/mol. The topological polar surface area (TPSA) is 146 Å². The number of nitriles is 1. The van der Waals surface area contributed by atoms with E-state index in [1.54, 1.807) is 44.8 Å². The van der Waals surface area contributed by atoms with Crippen molar-refractivity contribution in [1.29, 1.82) is 5.26 Å². The number of anilines is 1. The lowest BCUT2D eigenvalue weighted by Gasteiger charge is -2.42. The summed E-state index contributed by atoms with van der Waals surface area (Å²) >= 11 is 0. The van der Waals surface area contributed by atoms with Gasteiger partial charge in [0.15, 0.2) is 5.65 Å². The van der Waals surface area contributed by atoms with Crippen molar-refractivity contribution >= 4 is 28.7 Å². The van der Waals surface area contributed by atoms with Gasteiger partial charge in [0.05, 0.1) is 18.0 Å². The molecule has 2 saturated heterocycles. The molecule has 2 amide bonds. The number of nitrogens with two attached hydrogens (primary N) is 1. The molecule has 2 aromatic heterocycles. The fraction of sp³-hybridized carbons (Fsp3) is 0.371. The van der Waals surface area contributed by atoms with Gasteiger partial charge in [0, 0.05) is 49.9 Å². The minimum Gasteiger partial charge on any atom is -0.457 e. The number of rotatable bonds is 8. The molecule has 2 aliphatic heterocycles. The van der Waals surface area contributed by atoms with E-state index < -0.39 is 11.4 Å². The molecule has 4 aromatic rings. The number of nitrogens with zero attached hydrogens (tertiary/aromatic N) is 8. The summed E-state index contributed by atoms with van der Waals surface area (Å²) in [6.07, 6.45) is 4.33. The van der Waals surface area contributed by atoms with Crippen molar-refractivity contribution in [3.8, 4) is 28.8 Å². The maximum atomic E-state index is 15.6. The molecular weight excluding hydrogens is 613 g/mol. The third-order valence-electron chi connectivity index (χ3n) is 9.09. The minimum atomic E-state index is -0.696. The Kier molecular flexibility index (Phi) is 9.10. The van der Waals surface area contributed by atoms with Crippen molar-refractivity contribution in [2.75, 3.05) is 45.0 Å². The molecule has 13 heteroatoms. The first kappa shape index (κ1) is 32.6. The van der Waals surface area contributed by atoms with Crippen molar-refractivity contribution < 1.29 is 18.7 Å². The number of fused-ring (bicyclic) bond motifs is 1. The summed E-state index contributed by atoms with van der Waals surface area (Å²) in [5.41, 5.74) is 6.55. The number of ether oxygens (including phenoxy) is 1. The summed E-state index contributed by atoms with van der Waals surface area (Å²) in [6, 6.07) is 15.4. The zero-order valence-electron chi connectivity index (χ0n) is 27.3. The Balaban J connectivity index is 1.26. The van der Waals surface area contributed by atoms with Crippen LogP contribution in [-0.2, 0) is 9.59 Å². The summed E-state index contributed by atoms with van der Waals surface area (Å²) in [6.45, 7) is 8.60. The van der Waals surface area contributed by atoms with Crippen molar-refractivity contribution in [2.45, 2.75) is 45.2 Å². The lowest BCUT2D eigenvalue weighted by Crippen LogP contribution is -2.56. The number of piperidine rings is 1. The maximum absolute atomic E-state index is 15.6. The van der Waals surface area contributed by atoms with Gasteiger partial charge in [-0.3, -0.25) is 14.5 Å². The van der Waals surface area contributed by atoms with Crippen LogP contribution in [0.1, 0.15) is 39.7 Å². The number of piperazine rings is 1. The molecule has 248 valence electrons. The van der Waals surface area contributed by atoms with E-state index in [0.717, 1.165) is 0 Å². The van der Waals surface area contributed by atoms with Crippen molar-refractivity contribution in [1.82, 2.24) is 34.4 Å². The predicted molar refractivity (Wildman–Crippen MR) is 178 cm³/mol. The number of amides is 2. The van der Waals surface area contributed by atoms with E-state index in [2.05, 4.69) is 16.0 Å². The molecule has 6 rings (SSSR count). The van der Waals surface area contributed by atoms with E-state index >= 15 is 4.39 Å². The van der Waals surface area contributed by atoms with E-state index in [4.69, 9.17) is 15.6 Å². The number of benzene rings is 2. The number of hydrogen-bond acceptors (Lipinski definition) is 9. The molecule has 2 N–H and O–H groups in total. The number of hydrogen-bond donors (Lipinski definition) is 1. The highest BCUT2D eigenvalue weighted by molar-refractivity contribution is 5.99. The fourth-order valence-electron chi connectivity index (χ4n) is 6.44. The van der Waals surface area contributed by atoms with Crippen molar-refractivity contribution in [3.05, 3.63) is 72.3 Å². The van der Waals surface area contributed by atoms with Crippen LogP contribution >= 0.6 is 0 Å². The van der Waals surface area contributed by atoms with Gasteiger partial charge in [-0.2, -0.15) is 10.4 Å². The summed E-state index contributed by atoms with van der Waals surface area (Å²) in [7, 11) is 0. The number of halogens is 1. The van der Waals surface area contributed by atoms with Gasteiger partial charge in [-0.25, -0.2) is 19.0 Å². The number of nitrogen functional groups attached to an aromatic ring is 1.